The van der Waals surface area contributed by atoms with Gasteiger partial charge in [-0.1, -0.05) is 0 Å². The fourth-order valence-corrected chi connectivity index (χ4v) is 1.08. The second kappa shape index (κ2) is 7.92. The topological polar surface area (TPSA) is 70.7 Å². The molecular formula is C10H21N3O3. The zero-order valence-corrected chi connectivity index (χ0v) is 10.4. The van der Waals surface area contributed by atoms with Crippen LogP contribution in [0, 0.1) is 0 Å². The van der Waals surface area contributed by atoms with E-state index in [1.54, 1.807) is 6.92 Å². The molecule has 6 heteroatoms. The maximum absolute atomic E-state index is 11.3. The standard InChI is InChI=1S/C10H21N3O3/c1-8(9(14)16-4)12-10(15)11-6-5-7-13(2)3/h8H,5-7H2,1-4H3,(H2,11,12,15). The van der Waals surface area contributed by atoms with Crippen LogP contribution < -0.4 is 10.6 Å². The van der Waals surface area contributed by atoms with E-state index in [9.17, 15) is 9.59 Å². The molecule has 0 rings (SSSR count). The number of amides is 2. The van der Waals surface area contributed by atoms with Gasteiger partial charge in [0.05, 0.1) is 7.11 Å². The number of nitrogens with zero attached hydrogens (tertiary/aromatic N) is 1. The number of methoxy groups -OCH3 is 1. The molecule has 16 heavy (non-hydrogen) atoms. The van der Waals surface area contributed by atoms with Gasteiger partial charge in [-0.3, -0.25) is 0 Å². The Hall–Kier alpha value is -1.30. The highest BCUT2D eigenvalue weighted by Gasteiger charge is 2.14. The molecule has 0 radical (unpaired) electrons. The van der Waals surface area contributed by atoms with Crippen molar-refractivity contribution in [3.63, 3.8) is 0 Å². The number of carbonyl (C=O) groups excluding carboxylic acids is 2. The van der Waals surface area contributed by atoms with Crippen molar-refractivity contribution in [1.29, 1.82) is 0 Å². The molecule has 0 aromatic carbocycles. The van der Waals surface area contributed by atoms with Crippen molar-refractivity contribution in [2.45, 2.75) is 19.4 Å². The Morgan fingerprint density at radius 2 is 2.00 bits per heavy atom. The molecule has 94 valence electrons. The van der Waals surface area contributed by atoms with Crippen LogP contribution in [0.2, 0.25) is 0 Å². The fraction of sp³-hybridized carbons (Fsp3) is 0.800. The number of urea groups is 1. The Morgan fingerprint density at radius 1 is 1.38 bits per heavy atom. The van der Waals surface area contributed by atoms with Gasteiger partial charge in [0.15, 0.2) is 0 Å². The maximum Gasteiger partial charge on any atom is 0.328 e. The molecule has 0 spiro atoms. The van der Waals surface area contributed by atoms with E-state index >= 15 is 0 Å². The Balaban J connectivity index is 3.62. The number of esters is 1. The van der Waals surface area contributed by atoms with Gasteiger partial charge in [-0.05, 0) is 34.0 Å². The molecule has 0 bridgehead atoms. The average molecular weight is 231 g/mol. The monoisotopic (exact) mass is 231 g/mol. The summed E-state index contributed by atoms with van der Waals surface area (Å²) in [6.07, 6.45) is 0.868. The fourth-order valence-electron chi connectivity index (χ4n) is 1.08. The van der Waals surface area contributed by atoms with E-state index in [0.29, 0.717) is 6.54 Å². The molecule has 0 aromatic heterocycles. The normalized spacial score (nSPS) is 12.1. The SMILES string of the molecule is COC(=O)C(C)NC(=O)NCCCN(C)C. The van der Waals surface area contributed by atoms with Crippen molar-refractivity contribution in [2.75, 3.05) is 34.3 Å². The van der Waals surface area contributed by atoms with Crippen molar-refractivity contribution in [2.24, 2.45) is 0 Å². The lowest BCUT2D eigenvalue weighted by molar-refractivity contribution is -0.142. The first-order valence-electron chi connectivity index (χ1n) is 5.24. The molecule has 0 aromatic rings. The molecule has 0 aliphatic carbocycles. The van der Waals surface area contributed by atoms with Crippen LogP contribution in [0.3, 0.4) is 0 Å². The predicted molar refractivity (Wildman–Crippen MR) is 61.2 cm³/mol. The molecule has 0 fully saturated rings. The number of carbonyl (C=O) groups is 2. The zero-order valence-electron chi connectivity index (χ0n) is 10.4. The summed E-state index contributed by atoms with van der Waals surface area (Å²) in [6, 6.07) is -0.976. The number of ether oxygens (including phenoxy) is 1. The van der Waals surface area contributed by atoms with Crippen molar-refractivity contribution in [3.05, 3.63) is 0 Å². The zero-order chi connectivity index (χ0) is 12.6. The second-order valence-electron chi connectivity index (χ2n) is 3.80. The molecule has 0 heterocycles. The number of nitrogens with one attached hydrogen (secondary N) is 2. The summed E-state index contributed by atoms with van der Waals surface area (Å²) in [5.41, 5.74) is 0. The first-order valence-corrected chi connectivity index (χ1v) is 5.24. The molecule has 0 aliphatic heterocycles. The third-order valence-electron chi connectivity index (χ3n) is 1.97. The Morgan fingerprint density at radius 3 is 2.50 bits per heavy atom. The average Bonchev–Trinajstić information content (AvgIpc) is 2.22. The van der Waals surface area contributed by atoms with Gasteiger partial charge in [-0.15, -0.1) is 0 Å². The summed E-state index contributed by atoms with van der Waals surface area (Å²) in [5, 5.41) is 5.14. The summed E-state index contributed by atoms with van der Waals surface area (Å²) >= 11 is 0. The molecule has 1 atom stereocenters. The highest BCUT2D eigenvalue weighted by atomic mass is 16.5. The smallest absolute Gasteiger partial charge is 0.328 e. The molecular weight excluding hydrogens is 210 g/mol. The second-order valence-corrected chi connectivity index (χ2v) is 3.80. The largest absolute Gasteiger partial charge is 0.467 e. The van der Waals surface area contributed by atoms with Crippen LogP contribution in [-0.4, -0.2) is 57.2 Å². The van der Waals surface area contributed by atoms with Crippen molar-refractivity contribution >= 4 is 12.0 Å². The summed E-state index contributed by atoms with van der Waals surface area (Å²) in [5.74, 6) is -0.455. The van der Waals surface area contributed by atoms with E-state index in [1.165, 1.54) is 7.11 Å². The lowest BCUT2D eigenvalue weighted by atomic mass is 10.3. The van der Waals surface area contributed by atoms with Crippen molar-refractivity contribution in [1.82, 2.24) is 15.5 Å². The lowest BCUT2D eigenvalue weighted by Gasteiger charge is -2.13. The summed E-state index contributed by atoms with van der Waals surface area (Å²) in [6.45, 7) is 3.07. The number of hydrogen-bond acceptors (Lipinski definition) is 4. The third kappa shape index (κ3) is 7.05. The molecule has 2 N–H and O–H groups in total. The van der Waals surface area contributed by atoms with Crippen LogP contribution in [0.5, 0.6) is 0 Å². The molecule has 6 nitrogen and oxygen atoms in total. The lowest BCUT2D eigenvalue weighted by Crippen LogP contribution is -2.45. The molecule has 1 unspecified atom stereocenters. The van der Waals surface area contributed by atoms with Gasteiger partial charge in [0.1, 0.15) is 6.04 Å². The van der Waals surface area contributed by atoms with E-state index in [1.807, 2.05) is 19.0 Å². The van der Waals surface area contributed by atoms with Crippen LogP contribution in [0.4, 0.5) is 4.79 Å². The first kappa shape index (κ1) is 14.7. The first-order chi connectivity index (χ1) is 7.47. The molecule has 0 aliphatic rings. The summed E-state index contributed by atoms with van der Waals surface area (Å²) in [4.78, 5) is 24.3. The number of rotatable bonds is 6. The van der Waals surface area contributed by atoms with Gasteiger partial charge in [0, 0.05) is 6.54 Å². The van der Waals surface area contributed by atoms with E-state index in [-0.39, 0.29) is 6.03 Å². The van der Waals surface area contributed by atoms with Gasteiger partial charge in [-0.2, -0.15) is 0 Å². The van der Waals surface area contributed by atoms with Crippen molar-refractivity contribution < 1.29 is 14.3 Å². The minimum atomic E-state index is -0.626. The van der Waals surface area contributed by atoms with Crippen LogP contribution in [0.15, 0.2) is 0 Å². The van der Waals surface area contributed by atoms with Crippen LogP contribution in [0.25, 0.3) is 0 Å². The molecule has 0 saturated carbocycles. The molecule has 2 amide bonds. The van der Waals surface area contributed by atoms with Crippen LogP contribution >= 0.6 is 0 Å². The highest BCUT2D eigenvalue weighted by Crippen LogP contribution is 1.86. The van der Waals surface area contributed by atoms with Crippen LogP contribution in [-0.2, 0) is 9.53 Å². The summed E-state index contributed by atoms with van der Waals surface area (Å²) < 4.78 is 4.48. The Labute approximate surface area is 96.3 Å². The van der Waals surface area contributed by atoms with Gasteiger partial charge in [-0.25, -0.2) is 9.59 Å². The Kier molecular flexibility index (Phi) is 7.28. The van der Waals surface area contributed by atoms with Gasteiger partial charge >= 0.3 is 12.0 Å². The third-order valence-corrected chi connectivity index (χ3v) is 1.97. The van der Waals surface area contributed by atoms with Gasteiger partial charge in [0.2, 0.25) is 0 Å². The quantitative estimate of drug-likeness (QED) is 0.490. The van der Waals surface area contributed by atoms with E-state index in [4.69, 9.17) is 0 Å². The van der Waals surface area contributed by atoms with Gasteiger partial charge < -0.3 is 20.3 Å². The van der Waals surface area contributed by atoms with Crippen molar-refractivity contribution in [3.8, 4) is 0 Å². The minimum Gasteiger partial charge on any atom is -0.467 e. The Bertz CT molecular complexity index is 231. The highest BCUT2D eigenvalue weighted by molar-refractivity contribution is 5.83. The van der Waals surface area contributed by atoms with E-state index in [0.717, 1.165) is 13.0 Å². The summed E-state index contributed by atoms with van der Waals surface area (Å²) in [7, 11) is 5.23. The molecule has 0 saturated heterocycles. The minimum absolute atomic E-state index is 0.350. The maximum atomic E-state index is 11.3. The number of hydrogen-bond donors (Lipinski definition) is 2. The van der Waals surface area contributed by atoms with E-state index < -0.39 is 12.0 Å². The van der Waals surface area contributed by atoms with Gasteiger partial charge in [0.25, 0.3) is 0 Å². The van der Waals surface area contributed by atoms with E-state index in [2.05, 4.69) is 15.4 Å². The predicted octanol–water partition coefficient (Wildman–Crippen LogP) is -0.201. The van der Waals surface area contributed by atoms with Crippen LogP contribution in [0.1, 0.15) is 13.3 Å².